The van der Waals surface area contributed by atoms with Crippen molar-refractivity contribution in [2.45, 2.75) is 78.4 Å². The van der Waals surface area contributed by atoms with Crippen LogP contribution in [0.15, 0.2) is 24.3 Å². The predicted octanol–water partition coefficient (Wildman–Crippen LogP) is 6.22. The minimum Gasteiger partial charge on any atom is -0.375 e. The highest BCUT2D eigenvalue weighted by Gasteiger charge is 2.41. The van der Waals surface area contributed by atoms with Gasteiger partial charge in [0.25, 0.3) is 0 Å². The van der Waals surface area contributed by atoms with Crippen LogP contribution in [0.25, 0.3) is 0 Å². The van der Waals surface area contributed by atoms with Crippen molar-refractivity contribution in [3.05, 3.63) is 34.9 Å². The van der Waals surface area contributed by atoms with E-state index < -0.39 is 0 Å². The van der Waals surface area contributed by atoms with Crippen molar-refractivity contribution in [1.82, 2.24) is 5.32 Å². The summed E-state index contributed by atoms with van der Waals surface area (Å²) < 4.78 is 6.13. The number of benzene rings is 1. The third-order valence-electron chi connectivity index (χ3n) is 5.91. The maximum absolute atomic E-state index is 6.13. The van der Waals surface area contributed by atoms with Gasteiger partial charge in [-0.2, -0.15) is 0 Å². The van der Waals surface area contributed by atoms with Crippen molar-refractivity contribution in [2.75, 3.05) is 13.2 Å². The Morgan fingerprint density at radius 2 is 1.92 bits per heavy atom. The fraction of sp³-hybridized carbons (Fsp3) is 0.727. The summed E-state index contributed by atoms with van der Waals surface area (Å²) in [5.74, 6) is 0.773. The lowest BCUT2D eigenvalue weighted by molar-refractivity contribution is -0.122. The van der Waals surface area contributed by atoms with Crippen LogP contribution in [-0.2, 0) is 11.3 Å². The van der Waals surface area contributed by atoms with Gasteiger partial charge in [-0.15, -0.1) is 0 Å². The van der Waals surface area contributed by atoms with E-state index in [1.807, 2.05) is 12.1 Å². The maximum Gasteiger partial charge on any atom is 0.0657 e. The number of ether oxygens (including phenoxy) is 1. The lowest BCUT2D eigenvalue weighted by atomic mass is 9.67. The Morgan fingerprint density at radius 3 is 2.56 bits per heavy atom. The monoisotopic (exact) mass is 365 g/mol. The number of nitrogens with one attached hydrogen (secondary N) is 1. The van der Waals surface area contributed by atoms with Crippen molar-refractivity contribution in [3.8, 4) is 0 Å². The molecular formula is C22H36ClNO. The van der Waals surface area contributed by atoms with Crippen LogP contribution in [0.4, 0.5) is 0 Å². The second-order valence-corrected chi connectivity index (χ2v) is 9.00. The van der Waals surface area contributed by atoms with Crippen LogP contribution >= 0.6 is 11.6 Å². The highest BCUT2D eigenvalue weighted by molar-refractivity contribution is 6.30. The molecule has 1 aliphatic rings. The standard InChI is InChI=1S/C22H36ClNO/c1-5-21(4)17-22(13-15-25-21,11-10-18(2)3)12-14-24-16-19-6-8-20(23)9-7-19/h6-9,18,24H,5,10-17H2,1-4H3/t21-,22-/m0/s1. The van der Waals surface area contributed by atoms with Gasteiger partial charge in [0.2, 0.25) is 0 Å². The first-order valence-electron chi connectivity index (χ1n) is 9.96. The minimum atomic E-state index is 0.0609. The van der Waals surface area contributed by atoms with Crippen LogP contribution in [0.1, 0.15) is 71.8 Å². The molecule has 0 unspecified atom stereocenters. The summed E-state index contributed by atoms with van der Waals surface area (Å²) in [5, 5.41) is 4.45. The SMILES string of the molecule is CC[C@@]1(C)C[C@](CCNCc2ccc(Cl)cc2)(CCC(C)C)CCO1. The quantitative estimate of drug-likeness (QED) is 0.524. The van der Waals surface area contributed by atoms with Crippen molar-refractivity contribution >= 4 is 11.6 Å². The van der Waals surface area contributed by atoms with Gasteiger partial charge in [0.05, 0.1) is 5.60 Å². The van der Waals surface area contributed by atoms with Gasteiger partial charge in [-0.1, -0.05) is 50.9 Å². The summed E-state index contributed by atoms with van der Waals surface area (Å²) in [4.78, 5) is 0. The van der Waals surface area contributed by atoms with Crippen LogP contribution in [0, 0.1) is 11.3 Å². The number of halogens is 1. The van der Waals surface area contributed by atoms with E-state index in [1.165, 1.54) is 37.7 Å². The molecule has 2 rings (SSSR count). The smallest absolute Gasteiger partial charge is 0.0657 e. The average Bonchev–Trinajstić information content (AvgIpc) is 2.59. The molecule has 0 spiro atoms. The van der Waals surface area contributed by atoms with Gasteiger partial charge in [0.15, 0.2) is 0 Å². The second kappa shape index (κ2) is 9.39. The highest BCUT2D eigenvalue weighted by Crippen LogP contribution is 2.46. The van der Waals surface area contributed by atoms with Gasteiger partial charge < -0.3 is 10.1 Å². The number of hydrogen-bond acceptors (Lipinski definition) is 2. The lowest BCUT2D eigenvalue weighted by Crippen LogP contribution is -2.44. The minimum absolute atomic E-state index is 0.0609. The molecule has 25 heavy (non-hydrogen) atoms. The summed E-state index contributed by atoms with van der Waals surface area (Å²) in [7, 11) is 0. The maximum atomic E-state index is 6.13. The van der Waals surface area contributed by atoms with E-state index in [9.17, 15) is 0 Å². The molecule has 1 fully saturated rings. The van der Waals surface area contributed by atoms with Gasteiger partial charge in [-0.05, 0) is 74.6 Å². The molecule has 1 N–H and O–H groups in total. The van der Waals surface area contributed by atoms with Gasteiger partial charge in [-0.25, -0.2) is 0 Å². The topological polar surface area (TPSA) is 21.3 Å². The zero-order valence-corrected chi connectivity index (χ0v) is 17.3. The fourth-order valence-corrected chi connectivity index (χ4v) is 4.13. The fourth-order valence-electron chi connectivity index (χ4n) is 4.01. The molecule has 1 aromatic rings. The Balaban J connectivity index is 1.90. The molecule has 2 nitrogen and oxygen atoms in total. The van der Waals surface area contributed by atoms with Crippen LogP contribution in [0.3, 0.4) is 0 Å². The predicted molar refractivity (Wildman–Crippen MR) is 108 cm³/mol. The Labute approximate surface area is 159 Å². The first-order chi connectivity index (χ1) is 11.9. The normalized spacial score (nSPS) is 27.0. The van der Waals surface area contributed by atoms with E-state index in [0.717, 1.165) is 37.1 Å². The molecule has 2 atom stereocenters. The molecule has 0 saturated carbocycles. The Bertz CT molecular complexity index is 515. The molecule has 0 radical (unpaired) electrons. The Kier molecular flexibility index (Phi) is 7.79. The molecule has 3 heteroatoms. The van der Waals surface area contributed by atoms with Crippen LogP contribution in [0.2, 0.25) is 5.02 Å². The molecule has 1 saturated heterocycles. The molecule has 1 heterocycles. The summed E-state index contributed by atoms with van der Waals surface area (Å²) in [6.07, 6.45) is 7.40. The Hall–Kier alpha value is -0.570. The zero-order chi connectivity index (χ0) is 18.3. The summed E-state index contributed by atoms with van der Waals surface area (Å²) in [5.41, 5.74) is 1.79. The first-order valence-corrected chi connectivity index (χ1v) is 10.3. The van der Waals surface area contributed by atoms with E-state index >= 15 is 0 Å². The van der Waals surface area contributed by atoms with E-state index in [-0.39, 0.29) is 5.60 Å². The molecule has 0 aromatic heterocycles. The summed E-state index contributed by atoms with van der Waals surface area (Å²) >= 11 is 5.96. The Morgan fingerprint density at radius 1 is 1.20 bits per heavy atom. The van der Waals surface area contributed by atoms with Crippen molar-refractivity contribution < 1.29 is 4.74 Å². The number of hydrogen-bond donors (Lipinski definition) is 1. The van der Waals surface area contributed by atoms with Gasteiger partial charge in [0, 0.05) is 18.2 Å². The largest absolute Gasteiger partial charge is 0.375 e. The molecule has 0 bridgehead atoms. The van der Waals surface area contributed by atoms with E-state index in [1.54, 1.807) is 0 Å². The summed E-state index contributed by atoms with van der Waals surface area (Å²) in [6, 6.07) is 8.14. The van der Waals surface area contributed by atoms with Crippen molar-refractivity contribution in [2.24, 2.45) is 11.3 Å². The van der Waals surface area contributed by atoms with Gasteiger partial charge >= 0.3 is 0 Å². The molecule has 1 aromatic carbocycles. The zero-order valence-electron chi connectivity index (χ0n) is 16.5. The average molecular weight is 366 g/mol. The third kappa shape index (κ3) is 6.58. The molecule has 1 aliphatic heterocycles. The number of rotatable bonds is 9. The second-order valence-electron chi connectivity index (χ2n) is 8.56. The highest BCUT2D eigenvalue weighted by atomic mass is 35.5. The molecule has 142 valence electrons. The van der Waals surface area contributed by atoms with E-state index in [4.69, 9.17) is 16.3 Å². The summed E-state index contributed by atoms with van der Waals surface area (Å²) in [6.45, 7) is 12.1. The van der Waals surface area contributed by atoms with Gasteiger partial charge in [-0.3, -0.25) is 0 Å². The lowest BCUT2D eigenvalue weighted by Gasteiger charge is -2.47. The molecule has 0 amide bonds. The van der Waals surface area contributed by atoms with Crippen LogP contribution in [-0.4, -0.2) is 18.8 Å². The van der Waals surface area contributed by atoms with Gasteiger partial charge in [0.1, 0.15) is 0 Å². The van der Waals surface area contributed by atoms with Crippen LogP contribution < -0.4 is 5.32 Å². The molecular weight excluding hydrogens is 330 g/mol. The molecule has 0 aliphatic carbocycles. The third-order valence-corrected chi connectivity index (χ3v) is 6.16. The van der Waals surface area contributed by atoms with E-state index in [2.05, 4.69) is 45.1 Å². The van der Waals surface area contributed by atoms with Crippen LogP contribution in [0.5, 0.6) is 0 Å². The van der Waals surface area contributed by atoms with Crippen molar-refractivity contribution in [1.29, 1.82) is 0 Å². The first kappa shape index (κ1) is 20.7. The van der Waals surface area contributed by atoms with Crippen molar-refractivity contribution in [3.63, 3.8) is 0 Å². The van der Waals surface area contributed by atoms with E-state index in [0.29, 0.717) is 5.41 Å².